The lowest BCUT2D eigenvalue weighted by Gasteiger charge is -2.13. The first-order valence-electron chi connectivity index (χ1n) is 6.02. The summed E-state index contributed by atoms with van der Waals surface area (Å²) in [6, 6.07) is 3.89. The molecule has 2 aromatic rings. The zero-order valence-corrected chi connectivity index (χ0v) is 11.8. The van der Waals surface area contributed by atoms with Gasteiger partial charge in [-0.3, -0.25) is 0 Å². The number of hydrogen-bond donors (Lipinski definition) is 2. The molecular weight excluding hydrogens is 283 g/mol. The van der Waals surface area contributed by atoms with E-state index in [1.54, 1.807) is 6.92 Å². The van der Waals surface area contributed by atoms with Crippen LogP contribution in [0.5, 0.6) is 11.6 Å². The number of rotatable bonds is 4. The molecule has 0 unspecified atom stereocenters. The molecule has 20 heavy (non-hydrogen) atoms. The van der Waals surface area contributed by atoms with Gasteiger partial charge in [-0.1, -0.05) is 18.5 Å². The number of ether oxygens (including phenoxy) is 1. The van der Waals surface area contributed by atoms with Gasteiger partial charge in [0.05, 0.1) is 10.6 Å². The molecule has 0 aliphatic heterocycles. The van der Waals surface area contributed by atoms with Gasteiger partial charge in [0.1, 0.15) is 23.2 Å². The maximum atomic E-state index is 13.0. The summed E-state index contributed by atoms with van der Waals surface area (Å²) in [6.45, 7) is 3.68. The molecule has 0 radical (unpaired) electrons. The number of anilines is 1. The van der Waals surface area contributed by atoms with Crippen LogP contribution in [0.2, 0.25) is 5.02 Å². The van der Waals surface area contributed by atoms with Gasteiger partial charge in [0.15, 0.2) is 0 Å². The average molecular weight is 297 g/mol. The van der Waals surface area contributed by atoms with E-state index in [1.807, 2.05) is 6.92 Å². The standard InChI is InChI=1S/C13H14ClFN4O/c1-3-11-17-12(19-16)7(2)13(18-11)20-10-5-4-8(15)6-9(10)14/h4-6H,3,16H2,1-2H3,(H,17,18,19). The summed E-state index contributed by atoms with van der Waals surface area (Å²) >= 11 is 5.93. The molecule has 1 aromatic carbocycles. The second-order valence-corrected chi connectivity index (χ2v) is 4.50. The first kappa shape index (κ1) is 14.5. The van der Waals surface area contributed by atoms with Gasteiger partial charge in [0.2, 0.25) is 5.88 Å². The smallest absolute Gasteiger partial charge is 0.227 e. The highest BCUT2D eigenvalue weighted by Crippen LogP contribution is 2.32. The van der Waals surface area contributed by atoms with Crippen molar-refractivity contribution in [3.05, 3.63) is 40.4 Å². The van der Waals surface area contributed by atoms with Gasteiger partial charge in [0, 0.05) is 6.42 Å². The molecule has 0 atom stereocenters. The summed E-state index contributed by atoms with van der Waals surface area (Å²) in [5.41, 5.74) is 3.14. The largest absolute Gasteiger partial charge is 0.437 e. The van der Waals surface area contributed by atoms with E-state index in [-0.39, 0.29) is 5.02 Å². The van der Waals surface area contributed by atoms with Gasteiger partial charge in [-0.25, -0.2) is 15.2 Å². The van der Waals surface area contributed by atoms with E-state index in [0.29, 0.717) is 35.3 Å². The van der Waals surface area contributed by atoms with Crippen LogP contribution < -0.4 is 16.0 Å². The van der Waals surface area contributed by atoms with Crippen LogP contribution in [0.25, 0.3) is 0 Å². The predicted molar refractivity (Wildman–Crippen MR) is 75.4 cm³/mol. The molecule has 3 N–H and O–H groups in total. The Bertz CT molecular complexity index is 636. The highest BCUT2D eigenvalue weighted by atomic mass is 35.5. The Labute approximate surface area is 120 Å². The zero-order chi connectivity index (χ0) is 14.7. The van der Waals surface area contributed by atoms with Crippen LogP contribution in [-0.2, 0) is 6.42 Å². The van der Waals surface area contributed by atoms with Crippen molar-refractivity contribution in [3.63, 3.8) is 0 Å². The molecule has 0 saturated carbocycles. The minimum absolute atomic E-state index is 0.170. The van der Waals surface area contributed by atoms with Crippen molar-refractivity contribution < 1.29 is 9.13 Å². The minimum Gasteiger partial charge on any atom is -0.437 e. The molecule has 0 bridgehead atoms. The van der Waals surface area contributed by atoms with Crippen LogP contribution in [0.1, 0.15) is 18.3 Å². The van der Waals surface area contributed by atoms with Crippen LogP contribution in [0.3, 0.4) is 0 Å². The number of hydrogen-bond acceptors (Lipinski definition) is 5. The lowest BCUT2D eigenvalue weighted by Crippen LogP contribution is -2.13. The van der Waals surface area contributed by atoms with Gasteiger partial charge >= 0.3 is 0 Å². The molecule has 1 aromatic heterocycles. The van der Waals surface area contributed by atoms with Crippen LogP contribution in [-0.4, -0.2) is 9.97 Å². The monoisotopic (exact) mass is 296 g/mol. The van der Waals surface area contributed by atoms with E-state index in [4.69, 9.17) is 22.2 Å². The van der Waals surface area contributed by atoms with Crippen molar-refractivity contribution in [1.82, 2.24) is 9.97 Å². The SMILES string of the molecule is CCc1nc(NN)c(C)c(Oc2ccc(F)cc2Cl)n1. The first-order valence-corrected chi connectivity index (χ1v) is 6.40. The van der Waals surface area contributed by atoms with E-state index in [9.17, 15) is 4.39 Å². The van der Waals surface area contributed by atoms with Gasteiger partial charge in [-0.2, -0.15) is 4.98 Å². The summed E-state index contributed by atoms with van der Waals surface area (Å²) in [4.78, 5) is 8.50. The molecule has 0 aliphatic carbocycles. The van der Waals surface area contributed by atoms with Crippen LogP contribution in [0.4, 0.5) is 10.2 Å². The third-order valence-electron chi connectivity index (χ3n) is 2.70. The van der Waals surface area contributed by atoms with Crippen molar-refractivity contribution >= 4 is 17.4 Å². The van der Waals surface area contributed by atoms with E-state index in [1.165, 1.54) is 18.2 Å². The quantitative estimate of drug-likeness (QED) is 0.669. The predicted octanol–water partition coefficient (Wildman–Crippen LogP) is 3.22. The number of hydrazine groups is 1. The van der Waals surface area contributed by atoms with Crippen molar-refractivity contribution in [1.29, 1.82) is 0 Å². The lowest BCUT2D eigenvalue weighted by molar-refractivity contribution is 0.453. The van der Waals surface area contributed by atoms with Gasteiger partial charge in [-0.05, 0) is 25.1 Å². The fraction of sp³-hybridized carbons (Fsp3) is 0.231. The Morgan fingerprint density at radius 2 is 2.15 bits per heavy atom. The summed E-state index contributed by atoms with van der Waals surface area (Å²) in [5, 5.41) is 0.170. The molecule has 0 fully saturated rings. The van der Waals surface area contributed by atoms with Gasteiger partial charge in [0.25, 0.3) is 0 Å². The van der Waals surface area contributed by atoms with Crippen LogP contribution in [0, 0.1) is 12.7 Å². The third-order valence-corrected chi connectivity index (χ3v) is 3.00. The molecule has 1 heterocycles. The van der Waals surface area contributed by atoms with Crippen molar-refractivity contribution in [2.24, 2.45) is 5.84 Å². The van der Waals surface area contributed by atoms with Crippen molar-refractivity contribution in [2.45, 2.75) is 20.3 Å². The van der Waals surface area contributed by atoms with Gasteiger partial charge in [-0.15, -0.1) is 0 Å². The Kier molecular flexibility index (Phi) is 4.36. The molecule has 0 amide bonds. The molecule has 2 rings (SSSR count). The number of halogens is 2. The molecule has 0 spiro atoms. The molecule has 0 saturated heterocycles. The highest BCUT2D eigenvalue weighted by molar-refractivity contribution is 6.32. The van der Waals surface area contributed by atoms with Crippen molar-refractivity contribution in [3.8, 4) is 11.6 Å². The number of benzene rings is 1. The molecule has 0 aliphatic rings. The topological polar surface area (TPSA) is 73.1 Å². The van der Waals surface area contributed by atoms with Crippen LogP contribution >= 0.6 is 11.6 Å². The molecular formula is C13H14ClFN4O. The van der Waals surface area contributed by atoms with E-state index in [0.717, 1.165) is 0 Å². The summed E-state index contributed by atoms with van der Waals surface area (Å²) in [7, 11) is 0. The summed E-state index contributed by atoms with van der Waals surface area (Å²) in [5.74, 6) is 6.69. The number of nitrogens with one attached hydrogen (secondary N) is 1. The minimum atomic E-state index is -0.430. The van der Waals surface area contributed by atoms with Crippen molar-refractivity contribution in [2.75, 3.05) is 5.43 Å². The van der Waals surface area contributed by atoms with E-state index >= 15 is 0 Å². The fourth-order valence-corrected chi connectivity index (χ4v) is 1.81. The maximum absolute atomic E-state index is 13.0. The molecule has 5 nitrogen and oxygen atoms in total. The maximum Gasteiger partial charge on any atom is 0.227 e. The Balaban J connectivity index is 2.42. The Morgan fingerprint density at radius 1 is 1.40 bits per heavy atom. The summed E-state index contributed by atoms with van der Waals surface area (Å²) in [6.07, 6.45) is 0.627. The molecule has 106 valence electrons. The number of aryl methyl sites for hydroxylation is 1. The van der Waals surface area contributed by atoms with E-state index < -0.39 is 5.82 Å². The fourth-order valence-electron chi connectivity index (χ4n) is 1.60. The van der Waals surface area contributed by atoms with E-state index in [2.05, 4.69) is 15.4 Å². The number of nitrogens with two attached hydrogens (primary N) is 1. The second-order valence-electron chi connectivity index (χ2n) is 4.09. The average Bonchev–Trinajstić information content (AvgIpc) is 2.43. The zero-order valence-electron chi connectivity index (χ0n) is 11.1. The number of aromatic nitrogens is 2. The third kappa shape index (κ3) is 2.97. The highest BCUT2D eigenvalue weighted by Gasteiger charge is 2.13. The van der Waals surface area contributed by atoms with Crippen LogP contribution in [0.15, 0.2) is 18.2 Å². The number of nitrogen functional groups attached to an aromatic ring is 1. The Hall–Kier alpha value is -1.92. The summed E-state index contributed by atoms with van der Waals surface area (Å²) < 4.78 is 18.6. The second kappa shape index (κ2) is 6.02. The molecule has 7 heteroatoms. The lowest BCUT2D eigenvalue weighted by atomic mass is 10.3. The normalized spacial score (nSPS) is 10.4. The van der Waals surface area contributed by atoms with Gasteiger partial charge < -0.3 is 10.2 Å². The first-order chi connectivity index (χ1) is 9.55. The Morgan fingerprint density at radius 3 is 2.75 bits per heavy atom. The number of nitrogens with zero attached hydrogens (tertiary/aromatic N) is 2.